The second-order valence-corrected chi connectivity index (χ2v) is 6.03. The number of nitrogens with zero attached hydrogens (tertiary/aromatic N) is 1. The van der Waals surface area contributed by atoms with Gasteiger partial charge in [-0.2, -0.15) is 0 Å². The normalized spacial score (nSPS) is 17.1. The Bertz CT molecular complexity index is 648. The van der Waals surface area contributed by atoms with Crippen molar-refractivity contribution >= 4 is 11.1 Å². The van der Waals surface area contributed by atoms with E-state index in [1.807, 2.05) is 19.9 Å². The summed E-state index contributed by atoms with van der Waals surface area (Å²) >= 11 is 0. The highest BCUT2D eigenvalue weighted by Gasteiger charge is 2.16. The molecule has 0 radical (unpaired) electrons. The van der Waals surface area contributed by atoms with Crippen LogP contribution in [0.5, 0.6) is 0 Å². The number of nitrogens with one attached hydrogen (secondary N) is 1. The molecule has 1 aromatic heterocycles. The zero-order chi connectivity index (χ0) is 14.1. The van der Waals surface area contributed by atoms with Crippen LogP contribution in [0.1, 0.15) is 38.3 Å². The maximum atomic E-state index is 11.9. The number of benzene rings is 1. The number of hydrogen-bond acceptors (Lipinski definition) is 3. The molecule has 4 heteroatoms. The van der Waals surface area contributed by atoms with E-state index in [4.69, 9.17) is 4.42 Å². The number of hydrogen-bond donors (Lipinski definition) is 1. The molecule has 1 aromatic carbocycles. The Morgan fingerprint density at radius 1 is 1.35 bits per heavy atom. The van der Waals surface area contributed by atoms with E-state index in [9.17, 15) is 4.79 Å². The highest BCUT2D eigenvalue weighted by molar-refractivity contribution is 5.74. The summed E-state index contributed by atoms with van der Waals surface area (Å²) in [6.07, 6.45) is 3.57. The van der Waals surface area contributed by atoms with Gasteiger partial charge < -0.3 is 9.73 Å². The van der Waals surface area contributed by atoms with Gasteiger partial charge in [0.25, 0.3) is 0 Å². The lowest BCUT2D eigenvalue weighted by molar-refractivity contribution is 0.373. The Morgan fingerprint density at radius 3 is 2.80 bits per heavy atom. The van der Waals surface area contributed by atoms with Gasteiger partial charge in [0.2, 0.25) is 0 Å². The Kier molecular flexibility index (Phi) is 3.66. The predicted molar refractivity (Wildman–Crippen MR) is 80.2 cm³/mol. The van der Waals surface area contributed by atoms with Gasteiger partial charge in [0.05, 0.1) is 5.52 Å². The summed E-state index contributed by atoms with van der Waals surface area (Å²) in [6, 6.07) is 6.28. The summed E-state index contributed by atoms with van der Waals surface area (Å²) in [5.41, 5.74) is 2.92. The molecule has 0 unspecified atom stereocenters. The first kappa shape index (κ1) is 13.4. The fraction of sp³-hybridized carbons (Fsp3) is 0.562. The largest absolute Gasteiger partial charge is 0.420 e. The van der Waals surface area contributed by atoms with Gasteiger partial charge >= 0.3 is 5.76 Å². The average molecular weight is 274 g/mol. The maximum absolute atomic E-state index is 11.9. The van der Waals surface area contributed by atoms with Crippen LogP contribution >= 0.6 is 0 Å². The molecule has 4 nitrogen and oxygen atoms in total. The first-order valence-corrected chi connectivity index (χ1v) is 7.50. The molecular weight excluding hydrogens is 252 g/mol. The van der Waals surface area contributed by atoms with Gasteiger partial charge in [-0.15, -0.1) is 0 Å². The first-order valence-electron chi connectivity index (χ1n) is 7.50. The molecule has 1 aliphatic rings. The summed E-state index contributed by atoms with van der Waals surface area (Å²) in [4.78, 5) is 11.9. The van der Waals surface area contributed by atoms with Crippen LogP contribution in [-0.2, 0) is 6.42 Å². The number of oxazole rings is 1. The van der Waals surface area contributed by atoms with Crippen LogP contribution < -0.4 is 11.1 Å². The van der Waals surface area contributed by atoms with Crippen molar-refractivity contribution in [3.8, 4) is 0 Å². The minimum absolute atomic E-state index is 0.123. The molecule has 0 bridgehead atoms. The molecule has 20 heavy (non-hydrogen) atoms. The quantitative estimate of drug-likeness (QED) is 0.936. The zero-order valence-corrected chi connectivity index (χ0v) is 12.2. The summed E-state index contributed by atoms with van der Waals surface area (Å²) < 4.78 is 7.04. The van der Waals surface area contributed by atoms with E-state index in [1.54, 1.807) is 4.57 Å². The number of piperidine rings is 1. The molecule has 0 atom stereocenters. The van der Waals surface area contributed by atoms with Crippen LogP contribution in [0, 0.1) is 5.92 Å². The Hall–Kier alpha value is -1.55. The van der Waals surface area contributed by atoms with E-state index in [1.165, 1.54) is 18.4 Å². The highest BCUT2D eigenvalue weighted by atomic mass is 16.4. The van der Waals surface area contributed by atoms with Crippen LogP contribution in [0.25, 0.3) is 11.1 Å². The average Bonchev–Trinajstić information content (AvgIpc) is 2.75. The third kappa shape index (κ3) is 2.52. The van der Waals surface area contributed by atoms with Crippen LogP contribution in [0.15, 0.2) is 27.4 Å². The van der Waals surface area contributed by atoms with Crippen LogP contribution in [0.2, 0.25) is 0 Å². The molecule has 0 saturated carbocycles. The smallest absolute Gasteiger partial charge is 0.408 e. The molecule has 1 N–H and O–H groups in total. The van der Waals surface area contributed by atoms with Crippen molar-refractivity contribution in [3.05, 3.63) is 34.3 Å². The standard InChI is InChI=1S/C16H22N2O2/c1-11(2)18-14-10-13(3-4-15(14)20-16(18)19)9-12-5-7-17-8-6-12/h3-4,10-12,17H,5-9H2,1-2H3. The van der Waals surface area contributed by atoms with E-state index < -0.39 is 0 Å². The van der Waals surface area contributed by atoms with Crippen molar-refractivity contribution in [2.24, 2.45) is 5.92 Å². The highest BCUT2D eigenvalue weighted by Crippen LogP contribution is 2.23. The van der Waals surface area contributed by atoms with E-state index in [0.717, 1.165) is 30.9 Å². The third-order valence-electron chi connectivity index (χ3n) is 4.18. The second kappa shape index (κ2) is 5.44. The van der Waals surface area contributed by atoms with Gasteiger partial charge in [-0.25, -0.2) is 4.79 Å². The van der Waals surface area contributed by atoms with Gasteiger partial charge in [0, 0.05) is 6.04 Å². The molecule has 3 rings (SSSR count). The minimum atomic E-state index is -0.256. The maximum Gasteiger partial charge on any atom is 0.420 e. The lowest BCUT2D eigenvalue weighted by Crippen LogP contribution is -2.28. The number of fused-ring (bicyclic) bond motifs is 1. The molecule has 0 amide bonds. The lowest BCUT2D eigenvalue weighted by atomic mass is 9.91. The van der Waals surface area contributed by atoms with E-state index >= 15 is 0 Å². The molecular formula is C16H22N2O2. The molecule has 2 aromatic rings. The Morgan fingerprint density at radius 2 is 2.10 bits per heavy atom. The van der Waals surface area contributed by atoms with Gasteiger partial charge in [0.15, 0.2) is 5.58 Å². The molecule has 1 saturated heterocycles. The van der Waals surface area contributed by atoms with Gasteiger partial charge in [-0.05, 0) is 69.8 Å². The predicted octanol–water partition coefficient (Wildman–Crippen LogP) is 2.72. The Balaban J connectivity index is 1.92. The van der Waals surface area contributed by atoms with Crippen LogP contribution in [0.4, 0.5) is 0 Å². The van der Waals surface area contributed by atoms with Gasteiger partial charge in [-0.1, -0.05) is 6.07 Å². The summed E-state index contributed by atoms with van der Waals surface area (Å²) in [6.45, 7) is 6.26. The molecule has 0 spiro atoms. The zero-order valence-electron chi connectivity index (χ0n) is 12.2. The SMILES string of the molecule is CC(C)n1c(=O)oc2ccc(CC3CCNCC3)cc21. The lowest BCUT2D eigenvalue weighted by Gasteiger charge is -2.22. The van der Waals surface area contributed by atoms with Crippen molar-refractivity contribution < 1.29 is 4.42 Å². The molecule has 2 heterocycles. The van der Waals surface area contributed by atoms with Crippen molar-refractivity contribution in [1.29, 1.82) is 0 Å². The van der Waals surface area contributed by atoms with Gasteiger partial charge in [-0.3, -0.25) is 4.57 Å². The van der Waals surface area contributed by atoms with Crippen molar-refractivity contribution in [3.63, 3.8) is 0 Å². The van der Waals surface area contributed by atoms with Crippen molar-refractivity contribution in [2.75, 3.05) is 13.1 Å². The van der Waals surface area contributed by atoms with Crippen molar-refractivity contribution in [1.82, 2.24) is 9.88 Å². The molecule has 1 fully saturated rings. The summed E-state index contributed by atoms with van der Waals surface area (Å²) in [7, 11) is 0. The Labute approximate surface area is 118 Å². The monoisotopic (exact) mass is 274 g/mol. The third-order valence-corrected chi connectivity index (χ3v) is 4.18. The second-order valence-electron chi connectivity index (χ2n) is 6.03. The van der Waals surface area contributed by atoms with Crippen LogP contribution in [-0.4, -0.2) is 17.7 Å². The fourth-order valence-electron chi connectivity index (χ4n) is 3.11. The summed E-state index contributed by atoms with van der Waals surface area (Å²) in [5.74, 6) is 0.494. The van der Waals surface area contributed by atoms with E-state index in [0.29, 0.717) is 5.58 Å². The first-order chi connectivity index (χ1) is 9.65. The van der Waals surface area contributed by atoms with Gasteiger partial charge in [0.1, 0.15) is 0 Å². The minimum Gasteiger partial charge on any atom is -0.408 e. The summed E-state index contributed by atoms with van der Waals surface area (Å²) in [5, 5.41) is 3.40. The molecule has 108 valence electrons. The van der Waals surface area contributed by atoms with E-state index in [2.05, 4.69) is 17.4 Å². The van der Waals surface area contributed by atoms with Crippen LogP contribution in [0.3, 0.4) is 0 Å². The topological polar surface area (TPSA) is 47.2 Å². The number of rotatable bonds is 3. The number of aromatic nitrogens is 1. The fourth-order valence-corrected chi connectivity index (χ4v) is 3.11. The van der Waals surface area contributed by atoms with Crippen molar-refractivity contribution in [2.45, 2.75) is 39.2 Å². The van der Waals surface area contributed by atoms with E-state index in [-0.39, 0.29) is 11.8 Å². The molecule has 1 aliphatic heterocycles. The molecule has 0 aliphatic carbocycles.